The Morgan fingerprint density at radius 1 is 1.05 bits per heavy atom. The zero-order valence-electron chi connectivity index (χ0n) is 13.6. The fourth-order valence-corrected chi connectivity index (χ4v) is 2.24. The summed E-state index contributed by atoms with van der Waals surface area (Å²) in [6, 6.07) is 15.6. The van der Waals surface area contributed by atoms with Crippen LogP contribution >= 0.6 is 0 Å². The van der Waals surface area contributed by atoms with Crippen LogP contribution < -0.4 is 5.32 Å². The predicted octanol–water partition coefficient (Wildman–Crippen LogP) is 5.28. The van der Waals surface area contributed by atoms with Gasteiger partial charge in [-0.2, -0.15) is 0 Å². The summed E-state index contributed by atoms with van der Waals surface area (Å²) in [5.41, 5.74) is 4.63. The van der Waals surface area contributed by atoms with Gasteiger partial charge in [-0.25, -0.2) is 4.39 Å². The van der Waals surface area contributed by atoms with Crippen LogP contribution in [0.1, 0.15) is 32.8 Å². The van der Waals surface area contributed by atoms with Crippen LogP contribution in [0.3, 0.4) is 0 Å². The zero-order chi connectivity index (χ0) is 15.9. The van der Waals surface area contributed by atoms with Gasteiger partial charge in [-0.05, 0) is 54.7 Å². The second-order valence-corrected chi connectivity index (χ2v) is 5.69. The maximum atomic E-state index is 13.0. The third kappa shape index (κ3) is 4.54. The smallest absolute Gasteiger partial charge is 0.123 e. The van der Waals surface area contributed by atoms with Crippen LogP contribution in [0.4, 0.5) is 4.39 Å². The standard InChI is InChI=1S/C20H24FN/c1-4-16(3)22-14-13-15(2)17-5-7-18(8-6-17)19-9-11-20(21)12-10-19/h5-13,16,22H,4,14H2,1-3H3. The highest BCUT2D eigenvalue weighted by Gasteiger charge is 2.01. The average Bonchev–Trinajstić information content (AvgIpc) is 2.55. The summed E-state index contributed by atoms with van der Waals surface area (Å²) in [5, 5.41) is 3.46. The van der Waals surface area contributed by atoms with Crippen molar-refractivity contribution < 1.29 is 4.39 Å². The molecule has 0 spiro atoms. The molecule has 1 N–H and O–H groups in total. The third-order valence-electron chi connectivity index (χ3n) is 4.00. The molecule has 0 saturated carbocycles. The topological polar surface area (TPSA) is 12.0 Å². The summed E-state index contributed by atoms with van der Waals surface area (Å²) >= 11 is 0. The van der Waals surface area contributed by atoms with Gasteiger partial charge < -0.3 is 5.32 Å². The lowest BCUT2D eigenvalue weighted by atomic mass is 10.0. The van der Waals surface area contributed by atoms with Crippen molar-refractivity contribution in [1.29, 1.82) is 0 Å². The first-order valence-corrected chi connectivity index (χ1v) is 7.86. The fraction of sp³-hybridized carbons (Fsp3) is 0.300. The number of rotatable bonds is 6. The van der Waals surface area contributed by atoms with Crippen molar-refractivity contribution in [2.24, 2.45) is 0 Å². The van der Waals surface area contributed by atoms with Gasteiger partial charge in [0.2, 0.25) is 0 Å². The van der Waals surface area contributed by atoms with Gasteiger partial charge in [0.1, 0.15) is 5.82 Å². The molecule has 0 radical (unpaired) electrons. The van der Waals surface area contributed by atoms with Crippen molar-refractivity contribution >= 4 is 5.57 Å². The summed E-state index contributed by atoms with van der Waals surface area (Å²) in [7, 11) is 0. The molecule has 0 fully saturated rings. The number of hydrogen-bond donors (Lipinski definition) is 1. The predicted molar refractivity (Wildman–Crippen MR) is 93.2 cm³/mol. The summed E-state index contributed by atoms with van der Waals surface area (Å²) in [4.78, 5) is 0. The Morgan fingerprint density at radius 3 is 2.14 bits per heavy atom. The molecule has 0 aliphatic carbocycles. The van der Waals surface area contributed by atoms with E-state index in [4.69, 9.17) is 0 Å². The van der Waals surface area contributed by atoms with E-state index < -0.39 is 0 Å². The van der Waals surface area contributed by atoms with Gasteiger partial charge in [0.05, 0.1) is 0 Å². The fourth-order valence-electron chi connectivity index (χ4n) is 2.24. The van der Waals surface area contributed by atoms with Crippen LogP contribution in [0.2, 0.25) is 0 Å². The molecule has 2 rings (SSSR count). The van der Waals surface area contributed by atoms with E-state index >= 15 is 0 Å². The molecule has 2 aromatic carbocycles. The monoisotopic (exact) mass is 297 g/mol. The maximum Gasteiger partial charge on any atom is 0.123 e. The Bertz CT molecular complexity index is 611. The first kappa shape index (κ1) is 16.4. The van der Waals surface area contributed by atoms with E-state index in [0.29, 0.717) is 6.04 Å². The maximum absolute atomic E-state index is 13.0. The molecule has 0 bridgehead atoms. The quantitative estimate of drug-likeness (QED) is 0.764. The molecular formula is C20H24FN. The minimum absolute atomic E-state index is 0.201. The molecule has 0 aliphatic rings. The van der Waals surface area contributed by atoms with Crippen molar-refractivity contribution in [3.05, 3.63) is 66.0 Å². The Balaban J connectivity index is 2.04. The zero-order valence-corrected chi connectivity index (χ0v) is 13.6. The summed E-state index contributed by atoms with van der Waals surface area (Å²) in [6.07, 6.45) is 3.36. The second kappa shape index (κ2) is 7.90. The molecule has 0 aliphatic heterocycles. The van der Waals surface area contributed by atoms with Crippen LogP contribution in [-0.4, -0.2) is 12.6 Å². The highest BCUT2D eigenvalue weighted by molar-refractivity contribution is 5.69. The molecular weight excluding hydrogens is 273 g/mol. The van der Waals surface area contributed by atoms with E-state index in [1.165, 1.54) is 23.3 Å². The van der Waals surface area contributed by atoms with Crippen LogP contribution in [0, 0.1) is 5.82 Å². The molecule has 2 heteroatoms. The third-order valence-corrected chi connectivity index (χ3v) is 4.00. The van der Waals surface area contributed by atoms with E-state index in [1.807, 2.05) is 12.1 Å². The Kier molecular flexibility index (Phi) is 5.91. The molecule has 2 aromatic rings. The lowest BCUT2D eigenvalue weighted by molar-refractivity contribution is 0.567. The van der Waals surface area contributed by atoms with Crippen molar-refractivity contribution in [3.8, 4) is 11.1 Å². The molecule has 1 atom stereocenters. The lowest BCUT2D eigenvalue weighted by Crippen LogP contribution is -2.25. The Hall–Kier alpha value is -1.93. The van der Waals surface area contributed by atoms with Crippen LogP contribution in [0.25, 0.3) is 16.7 Å². The van der Waals surface area contributed by atoms with Gasteiger partial charge in [-0.15, -0.1) is 0 Å². The van der Waals surface area contributed by atoms with E-state index in [1.54, 1.807) is 0 Å². The van der Waals surface area contributed by atoms with Gasteiger partial charge in [0.15, 0.2) is 0 Å². The van der Waals surface area contributed by atoms with Gasteiger partial charge >= 0.3 is 0 Å². The number of nitrogens with one attached hydrogen (secondary N) is 1. The molecule has 1 unspecified atom stereocenters. The minimum atomic E-state index is -0.201. The van der Waals surface area contributed by atoms with Crippen LogP contribution in [0.5, 0.6) is 0 Å². The van der Waals surface area contributed by atoms with Crippen molar-refractivity contribution in [3.63, 3.8) is 0 Å². The van der Waals surface area contributed by atoms with Gasteiger partial charge in [-0.3, -0.25) is 0 Å². The molecule has 1 nitrogen and oxygen atoms in total. The van der Waals surface area contributed by atoms with Gasteiger partial charge in [-0.1, -0.05) is 49.4 Å². The molecule has 22 heavy (non-hydrogen) atoms. The first-order chi connectivity index (χ1) is 10.6. The van der Waals surface area contributed by atoms with Crippen molar-refractivity contribution in [2.75, 3.05) is 6.54 Å². The van der Waals surface area contributed by atoms with Crippen LogP contribution in [-0.2, 0) is 0 Å². The van der Waals surface area contributed by atoms with E-state index in [0.717, 1.165) is 24.1 Å². The minimum Gasteiger partial charge on any atom is -0.311 e. The SMILES string of the molecule is CCC(C)NCC=C(C)c1ccc(-c2ccc(F)cc2)cc1. The summed E-state index contributed by atoms with van der Waals surface area (Å²) < 4.78 is 13.0. The van der Waals surface area contributed by atoms with Gasteiger partial charge in [0, 0.05) is 12.6 Å². The Labute approximate surface area is 132 Å². The summed E-state index contributed by atoms with van der Waals surface area (Å²) in [5.74, 6) is -0.201. The highest BCUT2D eigenvalue weighted by atomic mass is 19.1. The number of hydrogen-bond acceptors (Lipinski definition) is 1. The molecule has 0 saturated heterocycles. The largest absolute Gasteiger partial charge is 0.311 e. The second-order valence-electron chi connectivity index (χ2n) is 5.69. The van der Waals surface area contributed by atoms with E-state index in [2.05, 4.69) is 56.4 Å². The van der Waals surface area contributed by atoms with E-state index in [9.17, 15) is 4.39 Å². The van der Waals surface area contributed by atoms with Crippen molar-refractivity contribution in [1.82, 2.24) is 5.32 Å². The average molecular weight is 297 g/mol. The highest BCUT2D eigenvalue weighted by Crippen LogP contribution is 2.22. The number of allylic oxidation sites excluding steroid dienone is 1. The van der Waals surface area contributed by atoms with E-state index in [-0.39, 0.29) is 5.82 Å². The summed E-state index contributed by atoms with van der Waals surface area (Å²) in [6.45, 7) is 7.40. The molecule has 0 amide bonds. The van der Waals surface area contributed by atoms with Gasteiger partial charge in [0.25, 0.3) is 0 Å². The molecule has 116 valence electrons. The lowest BCUT2D eigenvalue weighted by Gasteiger charge is -2.10. The molecule has 0 aromatic heterocycles. The molecule has 0 heterocycles. The van der Waals surface area contributed by atoms with Crippen molar-refractivity contribution in [2.45, 2.75) is 33.2 Å². The number of benzene rings is 2. The first-order valence-electron chi connectivity index (χ1n) is 7.86. The Morgan fingerprint density at radius 2 is 1.59 bits per heavy atom. The number of halogens is 1. The van der Waals surface area contributed by atoms with Crippen LogP contribution in [0.15, 0.2) is 54.6 Å². The normalized spacial score (nSPS) is 13.2.